The number of benzene rings is 2. The molecule has 7 heteroatoms. The molecule has 0 spiro atoms. The van der Waals surface area contributed by atoms with Gasteiger partial charge in [-0.05, 0) is 29.8 Å². The van der Waals surface area contributed by atoms with E-state index in [0.29, 0.717) is 23.2 Å². The molecule has 1 heterocycles. The Hall–Kier alpha value is -1.66. The molecule has 25 heavy (non-hydrogen) atoms. The first-order valence-electron chi connectivity index (χ1n) is 7.63. The highest BCUT2D eigenvalue weighted by Gasteiger charge is 2.12. The number of nitrogens with zero attached hydrogens (tertiary/aromatic N) is 2. The van der Waals surface area contributed by atoms with Crippen molar-refractivity contribution in [3.05, 3.63) is 63.1 Å². The molecule has 0 fully saturated rings. The molecule has 1 amide bonds. The van der Waals surface area contributed by atoms with E-state index in [4.69, 9.17) is 27.9 Å². The first kappa shape index (κ1) is 18.1. The number of rotatable bonds is 6. The van der Waals surface area contributed by atoms with E-state index >= 15 is 0 Å². The van der Waals surface area contributed by atoms with Gasteiger partial charge in [-0.2, -0.15) is 0 Å². The molecule has 4 nitrogen and oxygen atoms in total. The first-order valence-corrected chi connectivity index (χ1v) is 9.20. The predicted molar refractivity (Wildman–Crippen MR) is 102 cm³/mol. The van der Waals surface area contributed by atoms with Gasteiger partial charge in [0.25, 0.3) is 0 Å². The number of para-hydroxylation sites is 1. The second kappa shape index (κ2) is 8.15. The lowest BCUT2D eigenvalue weighted by Crippen LogP contribution is -2.29. The fraction of sp³-hybridized carbons (Fsp3) is 0.222. The predicted octanol–water partition coefficient (Wildman–Crippen LogP) is 4.78. The van der Waals surface area contributed by atoms with Crippen LogP contribution in [0.1, 0.15) is 10.6 Å². The number of fused-ring (bicyclic) bond motifs is 1. The fourth-order valence-corrected chi connectivity index (χ4v) is 3.68. The Balaban J connectivity index is 1.51. The van der Waals surface area contributed by atoms with Crippen LogP contribution in [-0.2, 0) is 22.7 Å². The summed E-state index contributed by atoms with van der Waals surface area (Å²) in [5, 5.41) is 1.97. The normalized spacial score (nSPS) is 11.0. The quantitative estimate of drug-likeness (QED) is 0.603. The van der Waals surface area contributed by atoms with E-state index in [9.17, 15) is 4.79 Å². The zero-order valence-electron chi connectivity index (χ0n) is 13.5. The number of carbonyl (C=O) groups is 1. The molecule has 0 radical (unpaired) electrons. The van der Waals surface area contributed by atoms with Crippen LogP contribution in [0.3, 0.4) is 0 Å². The van der Waals surface area contributed by atoms with Crippen molar-refractivity contribution in [2.45, 2.75) is 13.2 Å². The van der Waals surface area contributed by atoms with Crippen LogP contribution in [0, 0.1) is 0 Å². The minimum atomic E-state index is -0.118. The number of halogens is 2. The number of aromatic nitrogens is 1. The van der Waals surface area contributed by atoms with Gasteiger partial charge in [0.2, 0.25) is 5.91 Å². The van der Waals surface area contributed by atoms with Crippen molar-refractivity contribution in [3.8, 4) is 0 Å². The van der Waals surface area contributed by atoms with Crippen LogP contribution in [-0.4, -0.2) is 29.4 Å². The fourth-order valence-electron chi connectivity index (χ4n) is 2.31. The topological polar surface area (TPSA) is 42.4 Å². The molecule has 0 aliphatic rings. The SMILES string of the molecule is CN(Cc1ccc(Cl)cc1Cl)C(=O)COCc1nc2ccccc2s1. The molecule has 1 aromatic heterocycles. The van der Waals surface area contributed by atoms with E-state index in [2.05, 4.69) is 4.98 Å². The Bertz CT molecular complexity index is 865. The van der Waals surface area contributed by atoms with Gasteiger partial charge in [-0.25, -0.2) is 4.98 Å². The van der Waals surface area contributed by atoms with Gasteiger partial charge < -0.3 is 9.64 Å². The average molecular weight is 395 g/mol. The van der Waals surface area contributed by atoms with Crippen molar-refractivity contribution < 1.29 is 9.53 Å². The van der Waals surface area contributed by atoms with Gasteiger partial charge in [0, 0.05) is 23.6 Å². The van der Waals surface area contributed by atoms with E-state index in [0.717, 1.165) is 20.8 Å². The standard InChI is InChI=1S/C18H16Cl2N2O2S/c1-22(9-12-6-7-13(19)8-14(12)20)18(23)11-24-10-17-21-15-4-2-3-5-16(15)25-17/h2-8H,9-11H2,1H3. The number of thiazole rings is 1. The number of ether oxygens (including phenoxy) is 1. The van der Waals surface area contributed by atoms with Crippen LogP contribution in [0.2, 0.25) is 10.0 Å². The third-order valence-electron chi connectivity index (χ3n) is 3.64. The van der Waals surface area contributed by atoms with E-state index in [1.54, 1.807) is 35.4 Å². The van der Waals surface area contributed by atoms with Crippen molar-refractivity contribution in [2.75, 3.05) is 13.7 Å². The van der Waals surface area contributed by atoms with Crippen LogP contribution in [0.5, 0.6) is 0 Å². The highest BCUT2D eigenvalue weighted by Crippen LogP contribution is 2.23. The molecular weight excluding hydrogens is 379 g/mol. The van der Waals surface area contributed by atoms with Crippen LogP contribution < -0.4 is 0 Å². The second-order valence-electron chi connectivity index (χ2n) is 5.55. The highest BCUT2D eigenvalue weighted by atomic mass is 35.5. The summed E-state index contributed by atoms with van der Waals surface area (Å²) in [6, 6.07) is 13.1. The average Bonchev–Trinajstić information content (AvgIpc) is 3.00. The van der Waals surface area contributed by atoms with Gasteiger partial charge >= 0.3 is 0 Å². The van der Waals surface area contributed by atoms with Crippen LogP contribution in [0.4, 0.5) is 0 Å². The maximum atomic E-state index is 12.2. The van der Waals surface area contributed by atoms with Crippen molar-refractivity contribution in [1.82, 2.24) is 9.88 Å². The number of hydrogen-bond donors (Lipinski definition) is 0. The zero-order valence-corrected chi connectivity index (χ0v) is 15.9. The Morgan fingerprint density at radius 3 is 2.80 bits per heavy atom. The molecule has 0 aliphatic heterocycles. The second-order valence-corrected chi connectivity index (χ2v) is 7.51. The highest BCUT2D eigenvalue weighted by molar-refractivity contribution is 7.18. The molecule has 3 rings (SSSR count). The molecule has 0 saturated heterocycles. The zero-order chi connectivity index (χ0) is 17.8. The number of likely N-dealkylation sites (N-methyl/N-ethyl adjacent to an activating group) is 1. The Labute approximate surface area is 159 Å². The third kappa shape index (κ3) is 4.70. The van der Waals surface area contributed by atoms with Crippen molar-refractivity contribution >= 4 is 50.7 Å². The van der Waals surface area contributed by atoms with Crippen LogP contribution in [0.15, 0.2) is 42.5 Å². The lowest BCUT2D eigenvalue weighted by atomic mass is 10.2. The first-order chi connectivity index (χ1) is 12.0. The third-order valence-corrected chi connectivity index (χ3v) is 5.23. The molecule has 130 valence electrons. The van der Waals surface area contributed by atoms with E-state index in [1.807, 2.05) is 30.3 Å². The van der Waals surface area contributed by atoms with Crippen LogP contribution in [0.25, 0.3) is 10.2 Å². The number of hydrogen-bond acceptors (Lipinski definition) is 4. The van der Waals surface area contributed by atoms with E-state index in [-0.39, 0.29) is 12.5 Å². The van der Waals surface area contributed by atoms with Gasteiger partial charge in [0.1, 0.15) is 11.6 Å². The number of carbonyl (C=O) groups excluding carboxylic acids is 1. The summed E-state index contributed by atoms with van der Waals surface area (Å²) >= 11 is 13.6. The molecule has 0 unspecified atom stereocenters. The van der Waals surface area contributed by atoms with Gasteiger partial charge in [-0.1, -0.05) is 41.4 Å². The minimum absolute atomic E-state index is 0.00235. The minimum Gasteiger partial charge on any atom is -0.364 e. The summed E-state index contributed by atoms with van der Waals surface area (Å²) in [7, 11) is 1.72. The van der Waals surface area contributed by atoms with E-state index in [1.165, 1.54) is 0 Å². The Morgan fingerprint density at radius 1 is 1.24 bits per heavy atom. The maximum Gasteiger partial charge on any atom is 0.248 e. The summed E-state index contributed by atoms with van der Waals surface area (Å²) in [5.74, 6) is -0.118. The Kier molecular flexibility index (Phi) is 5.91. The molecule has 2 aromatic carbocycles. The van der Waals surface area contributed by atoms with E-state index < -0.39 is 0 Å². The van der Waals surface area contributed by atoms with Crippen molar-refractivity contribution in [1.29, 1.82) is 0 Å². The molecule has 0 N–H and O–H groups in total. The van der Waals surface area contributed by atoms with Crippen LogP contribution >= 0.6 is 34.5 Å². The molecule has 0 atom stereocenters. The summed E-state index contributed by atoms with van der Waals surface area (Å²) in [6.45, 7) is 0.720. The largest absolute Gasteiger partial charge is 0.364 e. The summed E-state index contributed by atoms with van der Waals surface area (Å²) in [4.78, 5) is 18.3. The van der Waals surface area contributed by atoms with Gasteiger partial charge in [0.15, 0.2) is 0 Å². The van der Waals surface area contributed by atoms with Gasteiger partial charge in [-0.3, -0.25) is 4.79 Å². The van der Waals surface area contributed by atoms with Crippen molar-refractivity contribution in [3.63, 3.8) is 0 Å². The number of amides is 1. The maximum absolute atomic E-state index is 12.2. The Morgan fingerprint density at radius 2 is 2.04 bits per heavy atom. The lowest BCUT2D eigenvalue weighted by Gasteiger charge is -2.18. The lowest BCUT2D eigenvalue weighted by molar-refractivity contribution is -0.135. The van der Waals surface area contributed by atoms with Gasteiger partial charge in [0.05, 0.1) is 16.8 Å². The molecule has 0 aliphatic carbocycles. The molecule has 3 aromatic rings. The molecule has 0 bridgehead atoms. The summed E-state index contributed by atoms with van der Waals surface area (Å²) in [5.41, 5.74) is 1.79. The summed E-state index contributed by atoms with van der Waals surface area (Å²) in [6.07, 6.45) is 0. The molecular formula is C18H16Cl2N2O2S. The van der Waals surface area contributed by atoms with Crippen molar-refractivity contribution in [2.24, 2.45) is 0 Å². The monoisotopic (exact) mass is 394 g/mol. The van der Waals surface area contributed by atoms with Gasteiger partial charge in [-0.15, -0.1) is 11.3 Å². The summed E-state index contributed by atoms with van der Waals surface area (Å²) < 4.78 is 6.63. The molecule has 0 saturated carbocycles. The smallest absolute Gasteiger partial charge is 0.248 e.